The summed E-state index contributed by atoms with van der Waals surface area (Å²) in [5.41, 5.74) is 1.35. The highest BCUT2D eigenvalue weighted by molar-refractivity contribution is 5.99. The first-order valence-electron chi connectivity index (χ1n) is 7.17. The molecule has 0 aliphatic carbocycles. The predicted molar refractivity (Wildman–Crippen MR) is 79.8 cm³/mol. The maximum absolute atomic E-state index is 12.2. The van der Waals surface area contributed by atoms with Crippen LogP contribution in [0.1, 0.15) is 19.8 Å². The molecule has 1 unspecified atom stereocenters. The zero-order chi connectivity index (χ0) is 15.0. The average molecular weight is 289 g/mol. The third-order valence-electron chi connectivity index (χ3n) is 4.11. The minimum Gasteiger partial charge on any atom is -0.482 e. The molecule has 3 rings (SSSR count). The molecule has 1 fully saturated rings. The third kappa shape index (κ3) is 2.53. The number of amides is 3. The molecule has 6 heteroatoms. The molecule has 6 nitrogen and oxygen atoms in total. The van der Waals surface area contributed by atoms with Crippen molar-refractivity contribution in [2.45, 2.75) is 25.8 Å². The zero-order valence-electron chi connectivity index (χ0n) is 12.3. The number of rotatable bonds is 1. The van der Waals surface area contributed by atoms with E-state index in [1.807, 2.05) is 4.90 Å². The number of carbonyl (C=O) groups is 2. The fourth-order valence-electron chi connectivity index (χ4n) is 2.78. The summed E-state index contributed by atoms with van der Waals surface area (Å²) in [6.07, 6.45) is 2.09. The minimum absolute atomic E-state index is 0.0560. The number of nitrogens with zero attached hydrogens (tertiary/aromatic N) is 2. The van der Waals surface area contributed by atoms with E-state index >= 15 is 0 Å². The van der Waals surface area contributed by atoms with Gasteiger partial charge >= 0.3 is 6.03 Å². The van der Waals surface area contributed by atoms with Crippen LogP contribution < -0.4 is 15.0 Å². The monoisotopic (exact) mass is 289 g/mol. The van der Waals surface area contributed by atoms with Gasteiger partial charge in [0.15, 0.2) is 6.61 Å². The van der Waals surface area contributed by atoms with Crippen molar-refractivity contribution in [2.75, 3.05) is 30.4 Å². The standard InChI is InChI=1S/C15H19N3O3/c1-10-4-3-7-18(10)15(20)16-11-5-6-13-12(8-11)17(2)14(19)9-21-13/h5-6,8,10H,3-4,7,9H2,1-2H3,(H,16,20). The lowest BCUT2D eigenvalue weighted by Gasteiger charge is -2.27. The normalized spacial score (nSPS) is 21.0. The molecule has 0 spiro atoms. The van der Waals surface area contributed by atoms with Gasteiger partial charge in [-0.1, -0.05) is 0 Å². The van der Waals surface area contributed by atoms with Crippen LogP contribution in [0.25, 0.3) is 0 Å². The number of hydrogen-bond acceptors (Lipinski definition) is 3. The van der Waals surface area contributed by atoms with E-state index in [9.17, 15) is 9.59 Å². The molecule has 2 aliphatic heterocycles. The van der Waals surface area contributed by atoms with Crippen LogP contribution in [0.4, 0.5) is 16.2 Å². The van der Waals surface area contributed by atoms with Gasteiger partial charge < -0.3 is 19.9 Å². The Labute approximate surface area is 123 Å². The molecular formula is C15H19N3O3. The highest BCUT2D eigenvalue weighted by atomic mass is 16.5. The molecule has 1 aromatic carbocycles. The van der Waals surface area contributed by atoms with Crippen LogP contribution >= 0.6 is 0 Å². The first-order chi connectivity index (χ1) is 10.1. The third-order valence-corrected chi connectivity index (χ3v) is 4.11. The van der Waals surface area contributed by atoms with Gasteiger partial charge in [0.1, 0.15) is 5.75 Å². The molecule has 3 amide bonds. The molecule has 0 radical (unpaired) electrons. The van der Waals surface area contributed by atoms with E-state index < -0.39 is 0 Å². The fourth-order valence-corrected chi connectivity index (χ4v) is 2.78. The molecule has 0 bridgehead atoms. The van der Waals surface area contributed by atoms with Crippen LogP contribution in [-0.4, -0.2) is 43.1 Å². The van der Waals surface area contributed by atoms with E-state index in [2.05, 4.69) is 12.2 Å². The Morgan fingerprint density at radius 2 is 2.24 bits per heavy atom. The van der Waals surface area contributed by atoms with Crippen molar-refractivity contribution >= 4 is 23.3 Å². The Hall–Kier alpha value is -2.24. The van der Waals surface area contributed by atoms with E-state index in [0.717, 1.165) is 19.4 Å². The number of fused-ring (bicyclic) bond motifs is 1. The average Bonchev–Trinajstić information content (AvgIpc) is 2.90. The molecule has 1 saturated heterocycles. The largest absolute Gasteiger partial charge is 0.482 e. The maximum Gasteiger partial charge on any atom is 0.322 e. The summed E-state index contributed by atoms with van der Waals surface area (Å²) in [4.78, 5) is 27.3. The second-order valence-corrected chi connectivity index (χ2v) is 5.54. The smallest absolute Gasteiger partial charge is 0.322 e. The number of likely N-dealkylation sites (N-methyl/N-ethyl adjacent to an activating group) is 1. The van der Waals surface area contributed by atoms with Gasteiger partial charge in [0, 0.05) is 25.3 Å². The van der Waals surface area contributed by atoms with Crippen LogP contribution in [0.5, 0.6) is 5.75 Å². The summed E-state index contributed by atoms with van der Waals surface area (Å²) in [5, 5.41) is 2.89. The molecule has 1 aromatic rings. The van der Waals surface area contributed by atoms with Gasteiger partial charge in [-0.15, -0.1) is 0 Å². The summed E-state index contributed by atoms with van der Waals surface area (Å²) in [7, 11) is 1.71. The van der Waals surface area contributed by atoms with E-state index in [1.165, 1.54) is 0 Å². The summed E-state index contributed by atoms with van der Waals surface area (Å²) < 4.78 is 5.37. The summed E-state index contributed by atoms with van der Waals surface area (Å²) >= 11 is 0. The van der Waals surface area contributed by atoms with Crippen LogP contribution in [-0.2, 0) is 4.79 Å². The number of benzene rings is 1. The number of nitrogens with one attached hydrogen (secondary N) is 1. The molecule has 2 heterocycles. The Bertz CT molecular complexity index is 588. The van der Waals surface area contributed by atoms with Crippen molar-refractivity contribution in [3.05, 3.63) is 18.2 Å². The first kappa shape index (κ1) is 13.7. The van der Waals surface area contributed by atoms with Crippen LogP contribution in [0.2, 0.25) is 0 Å². The second-order valence-electron chi connectivity index (χ2n) is 5.54. The quantitative estimate of drug-likeness (QED) is 0.860. The Balaban J connectivity index is 1.78. The fraction of sp³-hybridized carbons (Fsp3) is 0.467. The maximum atomic E-state index is 12.2. The van der Waals surface area contributed by atoms with Crippen molar-refractivity contribution in [1.82, 2.24) is 4.90 Å². The Morgan fingerprint density at radius 3 is 2.95 bits per heavy atom. The van der Waals surface area contributed by atoms with Gasteiger partial charge in [0.25, 0.3) is 5.91 Å². The van der Waals surface area contributed by atoms with Gasteiger partial charge in [-0.05, 0) is 38.0 Å². The number of carbonyl (C=O) groups excluding carboxylic acids is 2. The molecule has 0 aromatic heterocycles. The summed E-state index contributed by atoms with van der Waals surface area (Å²) in [6, 6.07) is 5.52. The number of urea groups is 1. The van der Waals surface area contributed by atoms with E-state index in [0.29, 0.717) is 17.1 Å². The van der Waals surface area contributed by atoms with Gasteiger partial charge in [-0.3, -0.25) is 4.79 Å². The molecular weight excluding hydrogens is 270 g/mol. The molecule has 21 heavy (non-hydrogen) atoms. The van der Waals surface area contributed by atoms with Gasteiger partial charge in [0.2, 0.25) is 0 Å². The molecule has 0 saturated carbocycles. The first-order valence-corrected chi connectivity index (χ1v) is 7.17. The van der Waals surface area contributed by atoms with Crippen molar-refractivity contribution in [3.63, 3.8) is 0 Å². The van der Waals surface area contributed by atoms with Gasteiger partial charge in [-0.25, -0.2) is 4.79 Å². The van der Waals surface area contributed by atoms with E-state index in [-0.39, 0.29) is 24.6 Å². The van der Waals surface area contributed by atoms with Gasteiger partial charge in [-0.2, -0.15) is 0 Å². The molecule has 112 valence electrons. The number of hydrogen-bond donors (Lipinski definition) is 1. The molecule has 1 atom stereocenters. The van der Waals surface area contributed by atoms with Crippen molar-refractivity contribution in [3.8, 4) is 5.75 Å². The summed E-state index contributed by atoms with van der Waals surface area (Å²) in [5.74, 6) is 0.559. The topological polar surface area (TPSA) is 61.9 Å². The highest BCUT2D eigenvalue weighted by Crippen LogP contribution is 2.33. The summed E-state index contributed by atoms with van der Waals surface area (Å²) in [6.45, 7) is 2.90. The van der Waals surface area contributed by atoms with E-state index in [1.54, 1.807) is 30.1 Å². The van der Waals surface area contributed by atoms with Crippen LogP contribution in [0.3, 0.4) is 0 Å². The second kappa shape index (κ2) is 5.27. The predicted octanol–water partition coefficient (Wildman–Crippen LogP) is 2.06. The Kier molecular flexibility index (Phi) is 3.45. The molecule has 1 N–H and O–H groups in total. The lowest BCUT2D eigenvalue weighted by molar-refractivity contribution is -0.120. The minimum atomic E-state index is -0.0980. The Morgan fingerprint density at radius 1 is 1.43 bits per heavy atom. The van der Waals surface area contributed by atoms with Crippen LogP contribution in [0.15, 0.2) is 18.2 Å². The number of anilines is 2. The van der Waals surface area contributed by atoms with Crippen molar-refractivity contribution in [2.24, 2.45) is 0 Å². The highest BCUT2D eigenvalue weighted by Gasteiger charge is 2.26. The van der Waals surface area contributed by atoms with Crippen LogP contribution in [0, 0.1) is 0 Å². The van der Waals surface area contributed by atoms with Crippen molar-refractivity contribution in [1.29, 1.82) is 0 Å². The van der Waals surface area contributed by atoms with E-state index in [4.69, 9.17) is 4.74 Å². The van der Waals surface area contributed by atoms with Gasteiger partial charge in [0.05, 0.1) is 5.69 Å². The number of likely N-dealkylation sites (tertiary alicyclic amines) is 1. The van der Waals surface area contributed by atoms with Crippen molar-refractivity contribution < 1.29 is 14.3 Å². The lowest BCUT2D eigenvalue weighted by atomic mass is 10.2. The number of ether oxygens (including phenoxy) is 1. The molecule has 2 aliphatic rings. The SMILES string of the molecule is CC1CCCN1C(=O)Nc1ccc2c(c1)N(C)C(=O)CO2. The zero-order valence-corrected chi connectivity index (χ0v) is 12.3. The lowest BCUT2D eigenvalue weighted by Crippen LogP contribution is -2.37.